The molecule has 2 aromatic rings. The Labute approximate surface area is 102 Å². The van der Waals surface area contributed by atoms with Gasteiger partial charge in [0.05, 0.1) is 6.42 Å². The van der Waals surface area contributed by atoms with E-state index in [0.29, 0.717) is 10.6 Å². The lowest BCUT2D eigenvalue weighted by Crippen LogP contribution is -2.09. The molecule has 0 radical (unpaired) electrons. The molecule has 1 heterocycles. The average molecular weight is 251 g/mol. The fourth-order valence-electron chi connectivity index (χ4n) is 1.67. The molecule has 1 aromatic carbocycles. The summed E-state index contributed by atoms with van der Waals surface area (Å²) in [5, 5.41) is 11.3. The normalized spacial score (nSPS) is 12.3. The van der Waals surface area contributed by atoms with E-state index in [2.05, 4.69) is 4.98 Å². The van der Waals surface area contributed by atoms with Gasteiger partial charge >= 0.3 is 5.97 Å². The highest BCUT2D eigenvalue weighted by atomic mass is 32.1. The fraction of sp³-hybridized carbons (Fsp3) is 0.167. The summed E-state index contributed by atoms with van der Waals surface area (Å²) in [4.78, 5) is 14.9. The minimum atomic E-state index is -0.964. The molecular formula is C12H10FNO2S. The Morgan fingerprint density at radius 2 is 2.24 bits per heavy atom. The van der Waals surface area contributed by atoms with E-state index in [-0.39, 0.29) is 6.42 Å². The number of thiazole rings is 1. The maximum Gasteiger partial charge on any atom is 0.304 e. The number of carboxylic acids is 1. The first-order chi connectivity index (χ1) is 8.18. The molecule has 5 heteroatoms. The van der Waals surface area contributed by atoms with Crippen LogP contribution in [0.2, 0.25) is 0 Å². The maximum atomic E-state index is 13.7. The number of hydrogen-bond donors (Lipinski definition) is 1. The summed E-state index contributed by atoms with van der Waals surface area (Å²) < 4.78 is 13.7. The second kappa shape index (κ2) is 5.05. The molecule has 1 aromatic heterocycles. The van der Waals surface area contributed by atoms with Crippen LogP contribution in [0.5, 0.6) is 0 Å². The quantitative estimate of drug-likeness (QED) is 0.909. The smallest absolute Gasteiger partial charge is 0.304 e. The van der Waals surface area contributed by atoms with Crippen molar-refractivity contribution in [3.05, 3.63) is 52.2 Å². The zero-order valence-corrected chi connectivity index (χ0v) is 9.65. The molecule has 1 atom stereocenters. The average Bonchev–Trinajstić information content (AvgIpc) is 2.80. The van der Waals surface area contributed by atoms with Gasteiger partial charge in [-0.15, -0.1) is 11.3 Å². The van der Waals surface area contributed by atoms with Crippen molar-refractivity contribution in [1.82, 2.24) is 4.98 Å². The van der Waals surface area contributed by atoms with Crippen LogP contribution < -0.4 is 0 Å². The van der Waals surface area contributed by atoms with Crippen molar-refractivity contribution in [2.24, 2.45) is 0 Å². The molecule has 0 fully saturated rings. The van der Waals surface area contributed by atoms with Crippen LogP contribution in [-0.4, -0.2) is 16.1 Å². The number of hydrogen-bond acceptors (Lipinski definition) is 3. The Hall–Kier alpha value is -1.75. The predicted octanol–water partition coefficient (Wildman–Crippen LogP) is 2.89. The monoisotopic (exact) mass is 251 g/mol. The SMILES string of the molecule is O=C(O)CC(c1nccs1)c1ccccc1F. The summed E-state index contributed by atoms with van der Waals surface area (Å²) in [5.41, 5.74) is 0.379. The van der Waals surface area contributed by atoms with E-state index in [9.17, 15) is 9.18 Å². The topological polar surface area (TPSA) is 50.2 Å². The molecule has 2 rings (SSSR count). The van der Waals surface area contributed by atoms with Crippen molar-refractivity contribution in [1.29, 1.82) is 0 Å². The molecular weight excluding hydrogens is 241 g/mol. The summed E-state index contributed by atoms with van der Waals surface area (Å²) in [7, 11) is 0. The Bertz CT molecular complexity index is 513. The van der Waals surface area contributed by atoms with Crippen molar-refractivity contribution in [2.45, 2.75) is 12.3 Å². The van der Waals surface area contributed by atoms with E-state index >= 15 is 0 Å². The first-order valence-corrected chi connectivity index (χ1v) is 5.92. The van der Waals surface area contributed by atoms with Gasteiger partial charge in [-0.1, -0.05) is 18.2 Å². The third-order valence-electron chi connectivity index (χ3n) is 2.41. The first kappa shape index (κ1) is 11.7. The van der Waals surface area contributed by atoms with Gasteiger partial charge in [0.25, 0.3) is 0 Å². The maximum absolute atomic E-state index is 13.7. The first-order valence-electron chi connectivity index (χ1n) is 5.04. The Balaban J connectivity index is 2.41. The summed E-state index contributed by atoms with van der Waals surface area (Å²) in [6.07, 6.45) is 1.43. The molecule has 0 amide bonds. The van der Waals surface area contributed by atoms with Crippen LogP contribution in [0.1, 0.15) is 22.9 Å². The number of aliphatic carboxylic acids is 1. The molecule has 0 aliphatic rings. The number of benzene rings is 1. The van der Waals surface area contributed by atoms with Crippen LogP contribution >= 0.6 is 11.3 Å². The zero-order chi connectivity index (χ0) is 12.3. The lowest BCUT2D eigenvalue weighted by atomic mass is 9.96. The number of carbonyl (C=O) groups is 1. The van der Waals surface area contributed by atoms with Gasteiger partial charge in [0, 0.05) is 17.5 Å². The molecule has 88 valence electrons. The second-order valence-electron chi connectivity index (χ2n) is 3.54. The minimum Gasteiger partial charge on any atom is -0.481 e. The molecule has 0 spiro atoms. The number of rotatable bonds is 4. The van der Waals surface area contributed by atoms with Crippen LogP contribution in [0.4, 0.5) is 4.39 Å². The fourth-order valence-corrected chi connectivity index (χ4v) is 2.43. The van der Waals surface area contributed by atoms with Gasteiger partial charge in [-0.2, -0.15) is 0 Å². The third-order valence-corrected chi connectivity index (χ3v) is 3.30. The number of nitrogens with zero attached hydrogens (tertiary/aromatic N) is 1. The summed E-state index contributed by atoms with van der Waals surface area (Å²) in [6.45, 7) is 0. The molecule has 17 heavy (non-hydrogen) atoms. The molecule has 1 unspecified atom stereocenters. The lowest BCUT2D eigenvalue weighted by Gasteiger charge is -2.13. The second-order valence-corrected chi connectivity index (χ2v) is 4.47. The van der Waals surface area contributed by atoms with Gasteiger partial charge in [-0.25, -0.2) is 9.37 Å². The van der Waals surface area contributed by atoms with Gasteiger partial charge in [0.2, 0.25) is 0 Å². The molecule has 0 aliphatic carbocycles. The highest BCUT2D eigenvalue weighted by Gasteiger charge is 2.22. The largest absolute Gasteiger partial charge is 0.481 e. The predicted molar refractivity (Wildman–Crippen MR) is 62.6 cm³/mol. The van der Waals surface area contributed by atoms with Crippen molar-refractivity contribution < 1.29 is 14.3 Å². The van der Waals surface area contributed by atoms with E-state index < -0.39 is 17.7 Å². The molecule has 0 saturated heterocycles. The van der Waals surface area contributed by atoms with Gasteiger partial charge in [-0.05, 0) is 11.6 Å². The molecule has 1 N–H and O–H groups in total. The van der Waals surface area contributed by atoms with Gasteiger partial charge < -0.3 is 5.11 Å². The molecule has 0 saturated carbocycles. The number of carboxylic acid groups (broad SMARTS) is 1. The van der Waals surface area contributed by atoms with E-state index in [0.717, 1.165) is 0 Å². The van der Waals surface area contributed by atoms with Gasteiger partial charge in [-0.3, -0.25) is 4.79 Å². The zero-order valence-electron chi connectivity index (χ0n) is 8.84. The van der Waals surface area contributed by atoms with Crippen LogP contribution in [-0.2, 0) is 4.79 Å². The van der Waals surface area contributed by atoms with Crippen molar-refractivity contribution in [2.75, 3.05) is 0 Å². The van der Waals surface area contributed by atoms with Crippen LogP contribution in [0, 0.1) is 5.82 Å². The van der Waals surface area contributed by atoms with Crippen molar-refractivity contribution in [3.63, 3.8) is 0 Å². The summed E-state index contributed by atoms with van der Waals surface area (Å²) in [5.74, 6) is -1.88. The Morgan fingerprint density at radius 3 is 2.82 bits per heavy atom. The summed E-state index contributed by atoms with van der Waals surface area (Å²) in [6, 6.07) is 6.21. The van der Waals surface area contributed by atoms with E-state index in [4.69, 9.17) is 5.11 Å². The van der Waals surface area contributed by atoms with Crippen LogP contribution in [0.15, 0.2) is 35.8 Å². The standard InChI is InChI=1S/C12H10FNO2S/c13-10-4-2-1-3-8(10)9(7-11(15)16)12-14-5-6-17-12/h1-6,9H,7H2,(H,15,16). The minimum absolute atomic E-state index is 0.158. The van der Waals surface area contributed by atoms with Crippen LogP contribution in [0.3, 0.4) is 0 Å². The van der Waals surface area contributed by atoms with Crippen molar-refractivity contribution in [3.8, 4) is 0 Å². The molecule has 0 aliphatic heterocycles. The summed E-state index contributed by atoms with van der Waals surface area (Å²) >= 11 is 1.34. The van der Waals surface area contributed by atoms with E-state index in [1.54, 1.807) is 29.8 Å². The highest BCUT2D eigenvalue weighted by molar-refractivity contribution is 7.09. The van der Waals surface area contributed by atoms with Gasteiger partial charge in [0.1, 0.15) is 10.8 Å². The van der Waals surface area contributed by atoms with E-state index in [1.807, 2.05) is 0 Å². The van der Waals surface area contributed by atoms with Crippen LogP contribution in [0.25, 0.3) is 0 Å². The Kier molecular flexibility index (Phi) is 3.49. The highest BCUT2D eigenvalue weighted by Crippen LogP contribution is 2.30. The number of halogens is 1. The third kappa shape index (κ3) is 2.68. The van der Waals surface area contributed by atoms with Gasteiger partial charge in [0.15, 0.2) is 0 Å². The lowest BCUT2D eigenvalue weighted by molar-refractivity contribution is -0.137. The molecule has 3 nitrogen and oxygen atoms in total. The van der Waals surface area contributed by atoms with Crippen molar-refractivity contribution >= 4 is 17.3 Å². The number of aromatic nitrogens is 1. The van der Waals surface area contributed by atoms with E-state index in [1.165, 1.54) is 17.4 Å². The molecule has 0 bridgehead atoms. The Morgan fingerprint density at radius 1 is 1.47 bits per heavy atom.